The van der Waals surface area contributed by atoms with E-state index < -0.39 is 0 Å². The second-order valence-electron chi connectivity index (χ2n) is 4.95. The van der Waals surface area contributed by atoms with E-state index >= 15 is 0 Å². The molecule has 1 fully saturated rings. The number of hydrogen-bond donors (Lipinski definition) is 0. The van der Waals surface area contributed by atoms with Crippen LogP contribution in [-0.2, 0) is 0 Å². The molecule has 1 atom stereocenters. The summed E-state index contributed by atoms with van der Waals surface area (Å²) in [4.78, 5) is 11.2. The molecule has 1 unspecified atom stereocenters. The SMILES string of the molecule is CC(C1CC1)n1ncc(C=O)c1-c1ccccc1. The van der Waals surface area contributed by atoms with E-state index in [-0.39, 0.29) is 0 Å². The van der Waals surface area contributed by atoms with Gasteiger partial charge in [-0.25, -0.2) is 0 Å². The van der Waals surface area contributed by atoms with Crippen LogP contribution < -0.4 is 0 Å². The van der Waals surface area contributed by atoms with Gasteiger partial charge in [-0.15, -0.1) is 0 Å². The van der Waals surface area contributed by atoms with E-state index in [0.29, 0.717) is 17.5 Å². The quantitative estimate of drug-likeness (QED) is 0.768. The summed E-state index contributed by atoms with van der Waals surface area (Å²) in [6.45, 7) is 2.19. The zero-order chi connectivity index (χ0) is 12.5. The van der Waals surface area contributed by atoms with E-state index in [1.807, 2.05) is 35.0 Å². The number of nitrogens with zero attached hydrogens (tertiary/aromatic N) is 2. The monoisotopic (exact) mass is 240 g/mol. The molecular formula is C15H16N2O. The Bertz CT molecular complexity index is 555. The fraction of sp³-hybridized carbons (Fsp3) is 0.333. The summed E-state index contributed by atoms with van der Waals surface area (Å²) in [5.41, 5.74) is 2.68. The highest BCUT2D eigenvalue weighted by atomic mass is 16.1. The summed E-state index contributed by atoms with van der Waals surface area (Å²) < 4.78 is 2.01. The number of rotatable bonds is 4. The minimum absolute atomic E-state index is 0.369. The van der Waals surface area contributed by atoms with Crippen molar-refractivity contribution in [3.63, 3.8) is 0 Å². The van der Waals surface area contributed by atoms with Crippen LogP contribution in [0.1, 0.15) is 36.2 Å². The first-order valence-corrected chi connectivity index (χ1v) is 6.39. The molecule has 18 heavy (non-hydrogen) atoms. The molecule has 0 amide bonds. The Morgan fingerprint density at radius 2 is 2.06 bits per heavy atom. The van der Waals surface area contributed by atoms with Gasteiger partial charge in [0.15, 0.2) is 6.29 Å². The second-order valence-corrected chi connectivity index (χ2v) is 4.95. The van der Waals surface area contributed by atoms with Gasteiger partial charge < -0.3 is 0 Å². The topological polar surface area (TPSA) is 34.9 Å². The molecule has 0 bridgehead atoms. The maximum Gasteiger partial charge on any atom is 0.153 e. The van der Waals surface area contributed by atoms with Gasteiger partial charge in [0.2, 0.25) is 0 Å². The molecule has 3 nitrogen and oxygen atoms in total. The summed E-state index contributed by atoms with van der Waals surface area (Å²) in [5.74, 6) is 0.715. The lowest BCUT2D eigenvalue weighted by Crippen LogP contribution is -2.10. The van der Waals surface area contributed by atoms with Crippen molar-refractivity contribution in [1.29, 1.82) is 0 Å². The van der Waals surface area contributed by atoms with Gasteiger partial charge in [-0.05, 0) is 25.7 Å². The first kappa shape index (κ1) is 11.2. The first-order valence-electron chi connectivity index (χ1n) is 6.39. The molecular weight excluding hydrogens is 224 g/mol. The Morgan fingerprint density at radius 1 is 1.33 bits per heavy atom. The summed E-state index contributed by atoms with van der Waals surface area (Å²) in [7, 11) is 0. The summed E-state index contributed by atoms with van der Waals surface area (Å²) in [5, 5.41) is 4.41. The first-order chi connectivity index (χ1) is 8.81. The standard InChI is InChI=1S/C15H16N2O/c1-11(12-7-8-12)17-15(14(10-18)9-16-17)13-5-3-2-4-6-13/h2-6,9-12H,7-8H2,1H3. The van der Waals surface area contributed by atoms with Crippen molar-refractivity contribution >= 4 is 6.29 Å². The Morgan fingerprint density at radius 3 is 2.67 bits per heavy atom. The van der Waals surface area contributed by atoms with Crippen molar-refractivity contribution in [2.24, 2.45) is 5.92 Å². The predicted molar refractivity (Wildman–Crippen MR) is 70.5 cm³/mol. The molecule has 1 aromatic heterocycles. The van der Waals surface area contributed by atoms with E-state index in [2.05, 4.69) is 12.0 Å². The van der Waals surface area contributed by atoms with Crippen LogP contribution in [0.15, 0.2) is 36.5 Å². The van der Waals surface area contributed by atoms with E-state index in [0.717, 1.165) is 17.5 Å². The third-order valence-electron chi connectivity index (χ3n) is 3.69. The summed E-state index contributed by atoms with van der Waals surface area (Å²) in [6.07, 6.45) is 5.11. The zero-order valence-corrected chi connectivity index (χ0v) is 10.4. The average Bonchev–Trinajstić information content (AvgIpc) is 3.17. The van der Waals surface area contributed by atoms with Crippen LogP contribution in [0.5, 0.6) is 0 Å². The van der Waals surface area contributed by atoms with Gasteiger partial charge in [-0.1, -0.05) is 30.3 Å². The third kappa shape index (κ3) is 1.86. The van der Waals surface area contributed by atoms with Crippen LogP contribution >= 0.6 is 0 Å². The highest BCUT2D eigenvalue weighted by Crippen LogP contribution is 2.41. The Kier molecular flexibility index (Phi) is 2.74. The Balaban J connectivity index is 2.10. The molecule has 0 N–H and O–H groups in total. The molecule has 1 aliphatic rings. The van der Waals surface area contributed by atoms with Crippen LogP contribution in [0.2, 0.25) is 0 Å². The smallest absolute Gasteiger partial charge is 0.153 e. The van der Waals surface area contributed by atoms with Crippen LogP contribution in [-0.4, -0.2) is 16.1 Å². The van der Waals surface area contributed by atoms with Crippen molar-refractivity contribution in [3.8, 4) is 11.3 Å². The molecule has 1 saturated carbocycles. The minimum atomic E-state index is 0.369. The maximum absolute atomic E-state index is 11.2. The highest BCUT2D eigenvalue weighted by molar-refractivity contribution is 5.85. The molecule has 0 aliphatic heterocycles. The van der Waals surface area contributed by atoms with Gasteiger partial charge in [0.25, 0.3) is 0 Å². The van der Waals surface area contributed by atoms with E-state index in [1.165, 1.54) is 12.8 Å². The Labute approximate surface area is 106 Å². The zero-order valence-electron chi connectivity index (χ0n) is 10.4. The molecule has 2 aromatic rings. The van der Waals surface area contributed by atoms with Crippen molar-refractivity contribution in [2.45, 2.75) is 25.8 Å². The molecule has 1 aromatic carbocycles. The Hall–Kier alpha value is -1.90. The molecule has 3 heteroatoms. The number of hydrogen-bond acceptors (Lipinski definition) is 2. The van der Waals surface area contributed by atoms with Crippen LogP contribution in [0, 0.1) is 5.92 Å². The summed E-state index contributed by atoms with van der Waals surface area (Å²) in [6, 6.07) is 10.4. The largest absolute Gasteiger partial charge is 0.298 e. The van der Waals surface area contributed by atoms with Gasteiger partial charge in [0, 0.05) is 5.56 Å². The third-order valence-corrected chi connectivity index (χ3v) is 3.69. The molecule has 0 saturated heterocycles. The molecule has 1 heterocycles. The molecule has 0 radical (unpaired) electrons. The second kappa shape index (κ2) is 4.41. The van der Waals surface area contributed by atoms with Gasteiger partial charge in [0.05, 0.1) is 23.5 Å². The van der Waals surface area contributed by atoms with Crippen molar-refractivity contribution in [2.75, 3.05) is 0 Å². The average molecular weight is 240 g/mol. The fourth-order valence-electron chi connectivity index (χ4n) is 2.44. The maximum atomic E-state index is 11.2. The highest BCUT2D eigenvalue weighted by Gasteiger charge is 2.31. The van der Waals surface area contributed by atoms with Gasteiger partial charge in [-0.2, -0.15) is 5.10 Å². The molecule has 3 rings (SSSR count). The number of aldehydes is 1. The van der Waals surface area contributed by atoms with Gasteiger partial charge in [0.1, 0.15) is 0 Å². The molecule has 0 spiro atoms. The normalized spacial score (nSPS) is 16.5. The predicted octanol–water partition coefficient (Wildman–Crippen LogP) is 3.33. The number of carbonyl (C=O) groups is 1. The number of carbonyl (C=O) groups excluding carboxylic acids is 1. The molecule has 92 valence electrons. The van der Waals surface area contributed by atoms with Crippen LogP contribution in [0.3, 0.4) is 0 Å². The van der Waals surface area contributed by atoms with E-state index in [9.17, 15) is 4.79 Å². The van der Waals surface area contributed by atoms with Crippen LogP contribution in [0.4, 0.5) is 0 Å². The number of aromatic nitrogens is 2. The van der Waals surface area contributed by atoms with E-state index in [4.69, 9.17) is 0 Å². The van der Waals surface area contributed by atoms with Gasteiger partial charge >= 0.3 is 0 Å². The lowest BCUT2D eigenvalue weighted by atomic mass is 10.1. The number of benzene rings is 1. The molecule has 1 aliphatic carbocycles. The lowest BCUT2D eigenvalue weighted by molar-refractivity contribution is 0.112. The fourth-order valence-corrected chi connectivity index (χ4v) is 2.44. The van der Waals surface area contributed by atoms with Crippen molar-refractivity contribution < 1.29 is 4.79 Å². The van der Waals surface area contributed by atoms with Crippen molar-refractivity contribution in [3.05, 3.63) is 42.1 Å². The summed E-state index contributed by atoms with van der Waals surface area (Å²) >= 11 is 0. The van der Waals surface area contributed by atoms with Crippen molar-refractivity contribution in [1.82, 2.24) is 9.78 Å². The van der Waals surface area contributed by atoms with E-state index in [1.54, 1.807) is 6.20 Å². The van der Waals surface area contributed by atoms with Crippen LogP contribution in [0.25, 0.3) is 11.3 Å². The van der Waals surface area contributed by atoms with Gasteiger partial charge in [-0.3, -0.25) is 9.48 Å². The minimum Gasteiger partial charge on any atom is -0.298 e. The lowest BCUT2D eigenvalue weighted by Gasteiger charge is -2.15.